The van der Waals surface area contributed by atoms with Gasteiger partial charge in [-0.05, 0) is 103 Å². The highest BCUT2D eigenvalue weighted by Crippen LogP contribution is 2.42. The van der Waals surface area contributed by atoms with E-state index in [9.17, 15) is 24.2 Å². The van der Waals surface area contributed by atoms with Crippen molar-refractivity contribution >= 4 is 19.7 Å². The number of aliphatic hydroxyl groups excluding tert-OH is 1. The van der Waals surface area contributed by atoms with Crippen LogP contribution in [-0.4, -0.2) is 54.3 Å². The van der Waals surface area contributed by atoms with Crippen LogP contribution in [0.1, 0.15) is 206 Å². The van der Waals surface area contributed by atoms with Crippen molar-refractivity contribution in [3.05, 3.63) is 97.2 Å². The van der Waals surface area contributed by atoms with Crippen LogP contribution in [-0.2, 0) is 27.9 Å². The highest BCUT2D eigenvalue weighted by atomic mass is 31.2. The Morgan fingerprint density at radius 2 is 0.831 bits per heavy atom. The summed E-state index contributed by atoms with van der Waals surface area (Å²) in [5.74, 6) is -0.550. The number of ether oxygens (including phenoxy) is 1. The van der Waals surface area contributed by atoms with Gasteiger partial charge in [-0.1, -0.05) is 188 Å². The molecule has 0 radical (unpaired) electrons. The van der Waals surface area contributed by atoms with Crippen LogP contribution in [0, 0.1) is 0 Å². The molecule has 1 amide bonds. The van der Waals surface area contributed by atoms with Gasteiger partial charge < -0.3 is 20.1 Å². The van der Waals surface area contributed by atoms with Gasteiger partial charge in [-0.3, -0.25) is 18.6 Å². The van der Waals surface area contributed by atoms with Crippen molar-refractivity contribution in [1.29, 1.82) is 0 Å². The topological polar surface area (TPSA) is 131 Å². The summed E-state index contributed by atoms with van der Waals surface area (Å²) in [6.45, 7) is 3.46. The van der Waals surface area contributed by atoms with Gasteiger partial charge >= 0.3 is 13.8 Å². The third-order valence-corrected chi connectivity index (χ3v) is 11.5. The SMILES string of the molecule is CCCCC/C=C\C/C=C\C/C=C\C/C=C\CCCCCCCCCC(=O)NCCOP(=O)(O)OCC(O)COC(=O)CCCCCCC/C=C\C/C=C\C/C=C\C/C=C\CCCCC. The second-order valence-corrected chi connectivity index (χ2v) is 18.2. The molecule has 0 bridgehead atoms. The van der Waals surface area contributed by atoms with E-state index in [0.717, 1.165) is 96.3 Å². The summed E-state index contributed by atoms with van der Waals surface area (Å²) in [5, 5.41) is 12.7. The molecule has 0 aromatic rings. The molecule has 3 N–H and O–H groups in total. The minimum atomic E-state index is -4.44. The van der Waals surface area contributed by atoms with Crippen LogP contribution in [0.25, 0.3) is 0 Å². The number of aliphatic hydroxyl groups is 1. The zero-order valence-electron chi connectivity index (χ0n) is 41.1. The summed E-state index contributed by atoms with van der Waals surface area (Å²) < 4.78 is 27.0. The Morgan fingerprint density at radius 3 is 1.25 bits per heavy atom. The summed E-state index contributed by atoms with van der Waals surface area (Å²) in [6, 6.07) is 0. The molecule has 0 saturated heterocycles. The molecule has 9 nitrogen and oxygen atoms in total. The van der Waals surface area contributed by atoms with Crippen molar-refractivity contribution in [2.75, 3.05) is 26.4 Å². The maximum Gasteiger partial charge on any atom is 0.472 e. The maximum atomic E-state index is 12.2. The summed E-state index contributed by atoms with van der Waals surface area (Å²) in [7, 11) is -4.44. The Bertz CT molecular complexity index is 1380. The van der Waals surface area contributed by atoms with Crippen LogP contribution in [0.2, 0.25) is 0 Å². The van der Waals surface area contributed by atoms with Gasteiger partial charge in [0.2, 0.25) is 5.91 Å². The lowest BCUT2D eigenvalue weighted by Crippen LogP contribution is -2.27. The molecule has 0 aliphatic rings. The molecule has 2 atom stereocenters. The largest absolute Gasteiger partial charge is 0.472 e. The number of carbonyl (C=O) groups excluding carboxylic acids is 2. The summed E-state index contributed by atoms with van der Waals surface area (Å²) in [5.41, 5.74) is 0. The molecule has 372 valence electrons. The highest BCUT2D eigenvalue weighted by Gasteiger charge is 2.23. The third-order valence-electron chi connectivity index (χ3n) is 10.5. The van der Waals surface area contributed by atoms with Crippen LogP contribution >= 0.6 is 7.82 Å². The minimum Gasteiger partial charge on any atom is -0.463 e. The van der Waals surface area contributed by atoms with E-state index < -0.39 is 26.5 Å². The van der Waals surface area contributed by atoms with Gasteiger partial charge in [-0.25, -0.2) is 4.57 Å². The predicted octanol–water partition coefficient (Wildman–Crippen LogP) is 15.3. The average molecular weight is 928 g/mol. The molecule has 0 saturated carbocycles. The van der Waals surface area contributed by atoms with Crippen molar-refractivity contribution in [3.8, 4) is 0 Å². The molecule has 0 fully saturated rings. The highest BCUT2D eigenvalue weighted by molar-refractivity contribution is 7.47. The van der Waals surface area contributed by atoms with Gasteiger partial charge in [-0.2, -0.15) is 0 Å². The Balaban J connectivity index is 3.65. The van der Waals surface area contributed by atoms with E-state index in [1.54, 1.807) is 0 Å². The number of phosphoric ester groups is 1. The lowest BCUT2D eigenvalue weighted by Gasteiger charge is -2.15. The number of hydrogen-bond acceptors (Lipinski definition) is 7. The van der Waals surface area contributed by atoms with Crippen LogP contribution in [0.5, 0.6) is 0 Å². The van der Waals surface area contributed by atoms with E-state index in [2.05, 4.69) is 116 Å². The van der Waals surface area contributed by atoms with Gasteiger partial charge in [0, 0.05) is 19.4 Å². The van der Waals surface area contributed by atoms with E-state index in [1.807, 2.05) is 0 Å². The molecule has 0 aromatic heterocycles. The van der Waals surface area contributed by atoms with Gasteiger partial charge in [-0.15, -0.1) is 0 Å². The molecule has 10 heteroatoms. The first kappa shape index (κ1) is 61.9. The molecular weight excluding hydrogens is 834 g/mol. The van der Waals surface area contributed by atoms with Gasteiger partial charge in [0.1, 0.15) is 12.7 Å². The number of unbranched alkanes of at least 4 members (excludes halogenated alkanes) is 18. The Hall–Kier alpha value is -3.07. The van der Waals surface area contributed by atoms with Crippen molar-refractivity contribution < 1.29 is 37.9 Å². The Morgan fingerprint density at radius 1 is 0.477 bits per heavy atom. The number of nitrogens with one attached hydrogen (secondary N) is 1. The maximum absolute atomic E-state index is 12.2. The number of rotatable bonds is 47. The lowest BCUT2D eigenvalue weighted by molar-refractivity contribution is -0.147. The van der Waals surface area contributed by atoms with E-state index in [1.165, 1.54) is 77.0 Å². The first-order valence-electron chi connectivity index (χ1n) is 25.7. The van der Waals surface area contributed by atoms with Gasteiger partial charge in [0.05, 0.1) is 13.2 Å². The van der Waals surface area contributed by atoms with Crippen molar-refractivity contribution in [2.24, 2.45) is 0 Å². The average Bonchev–Trinajstić information content (AvgIpc) is 3.29. The normalized spacial score (nSPS) is 14.0. The second-order valence-electron chi connectivity index (χ2n) is 16.8. The third kappa shape index (κ3) is 51.8. The first-order valence-corrected chi connectivity index (χ1v) is 27.2. The fourth-order valence-corrected chi connectivity index (χ4v) is 7.34. The number of phosphoric acid groups is 1. The minimum absolute atomic E-state index is 0.0672. The molecule has 0 aliphatic carbocycles. The summed E-state index contributed by atoms with van der Waals surface area (Å²) in [4.78, 5) is 34.1. The van der Waals surface area contributed by atoms with Crippen molar-refractivity contribution in [1.82, 2.24) is 5.32 Å². The molecular formula is C55H94NO8P. The lowest BCUT2D eigenvalue weighted by atomic mass is 10.1. The van der Waals surface area contributed by atoms with E-state index in [4.69, 9.17) is 13.8 Å². The summed E-state index contributed by atoms with van der Waals surface area (Å²) in [6.07, 6.45) is 66.2. The molecule has 65 heavy (non-hydrogen) atoms. The fraction of sp³-hybridized carbons (Fsp3) is 0.673. The van der Waals surface area contributed by atoms with Crippen LogP contribution < -0.4 is 5.32 Å². The molecule has 0 spiro atoms. The number of amides is 1. The Labute approximate surface area is 397 Å². The second kappa shape index (κ2) is 50.3. The Kier molecular flexibility index (Phi) is 48.0. The zero-order chi connectivity index (χ0) is 47.4. The number of hydrogen-bond donors (Lipinski definition) is 3. The quantitative estimate of drug-likeness (QED) is 0.0238. The monoisotopic (exact) mass is 928 g/mol. The van der Waals surface area contributed by atoms with E-state index in [0.29, 0.717) is 12.8 Å². The summed E-state index contributed by atoms with van der Waals surface area (Å²) >= 11 is 0. The number of allylic oxidation sites excluding steroid dienone is 16. The molecule has 0 aromatic carbocycles. The van der Waals surface area contributed by atoms with Crippen molar-refractivity contribution in [2.45, 2.75) is 213 Å². The fourth-order valence-electron chi connectivity index (χ4n) is 6.58. The number of carbonyl (C=O) groups is 2. The van der Waals surface area contributed by atoms with Crippen LogP contribution in [0.3, 0.4) is 0 Å². The zero-order valence-corrected chi connectivity index (χ0v) is 42.0. The number of esters is 1. The van der Waals surface area contributed by atoms with E-state index in [-0.39, 0.29) is 32.1 Å². The standard InChI is InChI=1S/C55H94NO8P/c1-3-5-7-9-11-13-15-17-19-21-23-25-26-28-29-31-33-35-37-39-41-43-45-47-54(58)56-49-50-63-65(60,61)64-52-53(57)51-62-55(59)48-46-44-42-40-38-36-34-32-30-27-24-22-20-18-16-14-12-10-8-6-4-2/h11-14,17-20,23-25,27-29,32,34,53,57H,3-10,15-16,21-22,26,30-31,33,35-52H2,1-2H3,(H,56,58)(H,60,61)/b13-11-,14-12-,19-17-,20-18-,25-23-,27-24-,29-28-,34-32-. The molecule has 0 aliphatic heterocycles. The molecule has 0 heterocycles. The smallest absolute Gasteiger partial charge is 0.463 e. The molecule has 0 rings (SSSR count). The van der Waals surface area contributed by atoms with E-state index >= 15 is 0 Å². The molecule has 2 unspecified atom stereocenters. The predicted molar refractivity (Wildman–Crippen MR) is 275 cm³/mol. The van der Waals surface area contributed by atoms with Crippen molar-refractivity contribution in [3.63, 3.8) is 0 Å². The van der Waals surface area contributed by atoms with Crippen LogP contribution in [0.15, 0.2) is 97.2 Å². The van der Waals surface area contributed by atoms with Gasteiger partial charge in [0.15, 0.2) is 0 Å². The van der Waals surface area contributed by atoms with Crippen LogP contribution in [0.4, 0.5) is 0 Å². The first-order chi connectivity index (χ1) is 31.8. The van der Waals surface area contributed by atoms with Gasteiger partial charge in [0.25, 0.3) is 0 Å².